The minimum absolute atomic E-state index is 0.0874. The van der Waals surface area contributed by atoms with Gasteiger partial charge in [0.05, 0.1) is 5.69 Å². The predicted octanol–water partition coefficient (Wildman–Crippen LogP) is 3.16. The van der Waals surface area contributed by atoms with E-state index < -0.39 is 0 Å². The number of halogens is 1. The molecule has 2 heterocycles. The molecule has 1 saturated heterocycles. The number of hydrogen-bond acceptors (Lipinski definition) is 4. The quantitative estimate of drug-likeness (QED) is 0.865. The fourth-order valence-corrected chi connectivity index (χ4v) is 3.24. The number of carbonyl (C=O) groups is 1. The SMILES string of the molecule is Cc1cc(C(=O)N2CCN([C@@H](C)c3ccccc3Cl)CC2)on1. The lowest BCUT2D eigenvalue weighted by molar-refractivity contribution is 0.0544. The fraction of sp³-hybridized carbons (Fsp3) is 0.412. The number of piperazine rings is 1. The van der Waals surface area contributed by atoms with Gasteiger partial charge in [-0.2, -0.15) is 0 Å². The van der Waals surface area contributed by atoms with E-state index in [1.54, 1.807) is 6.07 Å². The summed E-state index contributed by atoms with van der Waals surface area (Å²) in [7, 11) is 0. The van der Waals surface area contributed by atoms with Gasteiger partial charge in [0.15, 0.2) is 0 Å². The number of benzene rings is 1. The van der Waals surface area contributed by atoms with E-state index in [2.05, 4.69) is 23.0 Å². The van der Waals surface area contributed by atoms with Gasteiger partial charge in [0.25, 0.3) is 5.91 Å². The Labute approximate surface area is 140 Å². The second-order valence-corrected chi connectivity index (χ2v) is 6.27. The van der Waals surface area contributed by atoms with Crippen molar-refractivity contribution in [1.82, 2.24) is 15.0 Å². The highest BCUT2D eigenvalue weighted by Gasteiger charge is 2.27. The van der Waals surface area contributed by atoms with Crippen LogP contribution in [-0.4, -0.2) is 47.0 Å². The summed E-state index contributed by atoms with van der Waals surface area (Å²) in [4.78, 5) is 16.5. The highest BCUT2D eigenvalue weighted by molar-refractivity contribution is 6.31. The zero-order chi connectivity index (χ0) is 16.4. The predicted molar refractivity (Wildman–Crippen MR) is 88.6 cm³/mol. The van der Waals surface area contributed by atoms with Crippen LogP contribution in [0.4, 0.5) is 0 Å². The maximum Gasteiger partial charge on any atom is 0.292 e. The molecule has 1 aromatic carbocycles. The molecule has 0 spiro atoms. The summed E-state index contributed by atoms with van der Waals surface area (Å²) in [6.07, 6.45) is 0. The molecule has 3 rings (SSSR count). The molecule has 1 aliphatic rings. The van der Waals surface area contributed by atoms with Crippen molar-refractivity contribution in [2.75, 3.05) is 26.2 Å². The van der Waals surface area contributed by atoms with Crippen LogP contribution in [0.25, 0.3) is 0 Å². The lowest BCUT2D eigenvalue weighted by Gasteiger charge is -2.38. The Morgan fingerprint density at radius 2 is 1.96 bits per heavy atom. The number of aryl methyl sites for hydroxylation is 1. The third-order valence-electron chi connectivity index (χ3n) is 4.34. The molecular formula is C17H20ClN3O2. The van der Waals surface area contributed by atoms with Crippen molar-refractivity contribution in [1.29, 1.82) is 0 Å². The van der Waals surface area contributed by atoms with Crippen LogP contribution in [0.1, 0.15) is 34.8 Å². The summed E-state index contributed by atoms with van der Waals surface area (Å²) in [5.74, 6) is 0.228. The standard InChI is InChI=1S/C17H20ClN3O2/c1-12-11-16(23-19-12)17(22)21-9-7-20(8-10-21)13(2)14-5-3-4-6-15(14)18/h3-6,11,13H,7-10H2,1-2H3/t13-/m0/s1. The van der Waals surface area contributed by atoms with Gasteiger partial charge in [-0.3, -0.25) is 9.69 Å². The van der Waals surface area contributed by atoms with Crippen molar-refractivity contribution in [2.45, 2.75) is 19.9 Å². The Bertz CT molecular complexity index is 693. The molecule has 1 atom stereocenters. The number of nitrogens with zero attached hydrogens (tertiary/aromatic N) is 3. The summed E-state index contributed by atoms with van der Waals surface area (Å²) in [5.41, 5.74) is 1.85. The molecule has 2 aromatic rings. The van der Waals surface area contributed by atoms with Crippen LogP contribution in [0.15, 0.2) is 34.9 Å². The van der Waals surface area contributed by atoms with Gasteiger partial charge in [0, 0.05) is 43.3 Å². The molecule has 0 aliphatic carbocycles. The molecule has 0 radical (unpaired) electrons. The fourth-order valence-electron chi connectivity index (χ4n) is 2.94. The van der Waals surface area contributed by atoms with E-state index in [1.165, 1.54) is 0 Å². The number of amides is 1. The van der Waals surface area contributed by atoms with E-state index >= 15 is 0 Å². The van der Waals surface area contributed by atoms with Crippen molar-refractivity contribution in [3.63, 3.8) is 0 Å². The Morgan fingerprint density at radius 3 is 2.57 bits per heavy atom. The van der Waals surface area contributed by atoms with Gasteiger partial charge in [-0.25, -0.2) is 0 Å². The van der Waals surface area contributed by atoms with Crippen molar-refractivity contribution in [2.24, 2.45) is 0 Å². The number of aromatic nitrogens is 1. The van der Waals surface area contributed by atoms with Gasteiger partial charge in [-0.1, -0.05) is 35.0 Å². The topological polar surface area (TPSA) is 49.6 Å². The summed E-state index contributed by atoms with van der Waals surface area (Å²) in [6, 6.07) is 9.83. The maximum atomic E-state index is 12.4. The lowest BCUT2D eigenvalue weighted by Crippen LogP contribution is -2.49. The third-order valence-corrected chi connectivity index (χ3v) is 4.69. The molecule has 0 unspecified atom stereocenters. The zero-order valence-electron chi connectivity index (χ0n) is 13.3. The van der Waals surface area contributed by atoms with E-state index in [4.69, 9.17) is 16.1 Å². The normalized spacial score (nSPS) is 17.3. The molecule has 0 saturated carbocycles. The molecule has 0 N–H and O–H groups in total. The third kappa shape index (κ3) is 3.41. The molecule has 0 bridgehead atoms. The van der Waals surface area contributed by atoms with Crippen LogP contribution in [0.5, 0.6) is 0 Å². The van der Waals surface area contributed by atoms with E-state index in [0.29, 0.717) is 18.8 Å². The Balaban J connectivity index is 1.62. The summed E-state index contributed by atoms with van der Waals surface area (Å²) in [5, 5.41) is 4.57. The van der Waals surface area contributed by atoms with Gasteiger partial charge in [-0.05, 0) is 25.5 Å². The van der Waals surface area contributed by atoms with Crippen LogP contribution in [0, 0.1) is 6.92 Å². The van der Waals surface area contributed by atoms with Crippen molar-refractivity contribution in [3.05, 3.63) is 52.4 Å². The van der Waals surface area contributed by atoms with Crippen molar-refractivity contribution >= 4 is 17.5 Å². The Morgan fingerprint density at radius 1 is 1.26 bits per heavy atom. The monoisotopic (exact) mass is 333 g/mol. The van der Waals surface area contributed by atoms with Crippen LogP contribution in [-0.2, 0) is 0 Å². The molecule has 23 heavy (non-hydrogen) atoms. The molecule has 6 heteroatoms. The highest BCUT2D eigenvalue weighted by Crippen LogP contribution is 2.27. The van der Waals surface area contributed by atoms with Crippen LogP contribution < -0.4 is 0 Å². The largest absolute Gasteiger partial charge is 0.351 e. The van der Waals surface area contributed by atoms with Gasteiger partial charge in [0.1, 0.15) is 0 Å². The summed E-state index contributed by atoms with van der Waals surface area (Å²) in [6.45, 7) is 6.93. The number of rotatable bonds is 3. The first kappa shape index (κ1) is 16.0. The van der Waals surface area contributed by atoms with Gasteiger partial charge in [0.2, 0.25) is 5.76 Å². The molecule has 122 valence electrons. The summed E-state index contributed by atoms with van der Waals surface area (Å²) < 4.78 is 5.07. The molecule has 1 aromatic heterocycles. The summed E-state index contributed by atoms with van der Waals surface area (Å²) >= 11 is 6.29. The smallest absolute Gasteiger partial charge is 0.292 e. The zero-order valence-corrected chi connectivity index (χ0v) is 14.1. The number of carbonyl (C=O) groups excluding carboxylic acids is 1. The molecule has 5 nitrogen and oxygen atoms in total. The van der Waals surface area contributed by atoms with E-state index in [-0.39, 0.29) is 11.9 Å². The van der Waals surface area contributed by atoms with Crippen molar-refractivity contribution < 1.29 is 9.32 Å². The molecular weight excluding hydrogens is 314 g/mol. The minimum Gasteiger partial charge on any atom is -0.351 e. The Kier molecular flexibility index (Phi) is 4.68. The van der Waals surface area contributed by atoms with Crippen LogP contribution >= 0.6 is 11.6 Å². The number of hydrogen-bond donors (Lipinski definition) is 0. The maximum absolute atomic E-state index is 12.4. The first-order chi connectivity index (χ1) is 11.1. The van der Waals surface area contributed by atoms with Crippen LogP contribution in [0.2, 0.25) is 5.02 Å². The lowest BCUT2D eigenvalue weighted by atomic mass is 10.1. The van der Waals surface area contributed by atoms with Crippen molar-refractivity contribution in [3.8, 4) is 0 Å². The van der Waals surface area contributed by atoms with Gasteiger partial charge in [-0.15, -0.1) is 0 Å². The first-order valence-electron chi connectivity index (χ1n) is 7.77. The second-order valence-electron chi connectivity index (χ2n) is 5.86. The molecule has 1 aliphatic heterocycles. The van der Waals surface area contributed by atoms with Crippen LogP contribution in [0.3, 0.4) is 0 Å². The molecule has 1 fully saturated rings. The van der Waals surface area contributed by atoms with Gasteiger partial charge < -0.3 is 9.42 Å². The molecule has 1 amide bonds. The minimum atomic E-state index is -0.0874. The van der Waals surface area contributed by atoms with E-state index in [9.17, 15) is 4.79 Å². The van der Waals surface area contributed by atoms with E-state index in [0.717, 1.165) is 29.4 Å². The first-order valence-corrected chi connectivity index (χ1v) is 8.15. The van der Waals surface area contributed by atoms with Gasteiger partial charge >= 0.3 is 0 Å². The highest BCUT2D eigenvalue weighted by atomic mass is 35.5. The Hall–Kier alpha value is -1.85. The average Bonchev–Trinajstić information content (AvgIpc) is 3.01. The second kappa shape index (κ2) is 6.72. The average molecular weight is 334 g/mol. The van der Waals surface area contributed by atoms with E-state index in [1.807, 2.05) is 30.0 Å².